The number of hydrogen-bond acceptors (Lipinski definition) is 6. The zero-order valence-electron chi connectivity index (χ0n) is 13.0. The third-order valence-corrected chi connectivity index (χ3v) is 4.19. The normalized spacial score (nSPS) is 23.5. The van der Waals surface area contributed by atoms with Gasteiger partial charge in [0.2, 0.25) is 0 Å². The quantitative estimate of drug-likeness (QED) is 0.797. The number of likely N-dealkylation sites (N-methyl/N-ethyl adjacent to an activating group) is 1. The van der Waals surface area contributed by atoms with Crippen LogP contribution in [0.1, 0.15) is 5.56 Å². The summed E-state index contributed by atoms with van der Waals surface area (Å²) in [5, 5.41) is 2.33. The number of nitrogens with two attached hydrogens (primary N) is 1. The molecule has 0 spiro atoms. The summed E-state index contributed by atoms with van der Waals surface area (Å²) in [7, 11) is 3.22. The van der Waals surface area contributed by atoms with Crippen LogP contribution in [0.25, 0.3) is 0 Å². The second kappa shape index (κ2) is 5.79. The molecule has 0 bridgehead atoms. The Morgan fingerprint density at radius 1 is 1.30 bits per heavy atom. The van der Waals surface area contributed by atoms with Crippen molar-refractivity contribution < 1.29 is 14.3 Å². The van der Waals surface area contributed by atoms with Gasteiger partial charge in [-0.2, -0.15) is 0 Å². The van der Waals surface area contributed by atoms with E-state index < -0.39 is 18.2 Å². The third kappa shape index (κ3) is 2.67. The Bertz CT molecular complexity index is 658. The Kier molecular flexibility index (Phi) is 3.81. The van der Waals surface area contributed by atoms with E-state index in [2.05, 4.69) is 10.3 Å². The number of aliphatic imine (C=N–C) groups is 1. The summed E-state index contributed by atoms with van der Waals surface area (Å²) in [6, 6.07) is 6.69. The van der Waals surface area contributed by atoms with E-state index in [0.717, 1.165) is 11.3 Å². The lowest BCUT2D eigenvalue weighted by Gasteiger charge is -2.35. The molecule has 8 heteroatoms. The van der Waals surface area contributed by atoms with Gasteiger partial charge in [0, 0.05) is 13.6 Å². The van der Waals surface area contributed by atoms with Gasteiger partial charge in [-0.05, 0) is 24.1 Å². The van der Waals surface area contributed by atoms with Crippen LogP contribution in [0.5, 0.6) is 5.75 Å². The molecular weight excluding hydrogens is 298 g/mol. The van der Waals surface area contributed by atoms with Gasteiger partial charge in [-0.3, -0.25) is 10.1 Å². The van der Waals surface area contributed by atoms with Crippen LogP contribution in [-0.2, 0) is 11.2 Å². The van der Waals surface area contributed by atoms with Crippen molar-refractivity contribution in [2.24, 2.45) is 10.7 Å². The highest BCUT2D eigenvalue weighted by Gasteiger charge is 2.47. The molecule has 3 N–H and O–H groups in total. The molecule has 0 aromatic heterocycles. The molecule has 2 unspecified atom stereocenters. The van der Waals surface area contributed by atoms with Gasteiger partial charge < -0.3 is 20.3 Å². The maximum Gasteiger partial charge on any atom is 0.325 e. The van der Waals surface area contributed by atoms with Gasteiger partial charge in [-0.15, -0.1) is 0 Å². The molecule has 0 aliphatic carbocycles. The zero-order valence-corrected chi connectivity index (χ0v) is 13.0. The van der Waals surface area contributed by atoms with Crippen molar-refractivity contribution in [1.29, 1.82) is 0 Å². The molecule has 0 saturated carbocycles. The van der Waals surface area contributed by atoms with E-state index in [-0.39, 0.29) is 11.9 Å². The Morgan fingerprint density at radius 3 is 2.65 bits per heavy atom. The molecule has 1 fully saturated rings. The molecule has 1 aromatic rings. The number of fused-ring (bicyclic) bond motifs is 1. The highest BCUT2D eigenvalue weighted by molar-refractivity contribution is 6.03. The maximum absolute atomic E-state index is 12.1. The Balaban J connectivity index is 1.71. The molecular formula is C15H19N5O3. The fourth-order valence-corrected chi connectivity index (χ4v) is 2.84. The first-order valence-corrected chi connectivity index (χ1v) is 7.32. The van der Waals surface area contributed by atoms with Gasteiger partial charge in [0.1, 0.15) is 5.75 Å². The summed E-state index contributed by atoms with van der Waals surface area (Å²) >= 11 is 0. The van der Waals surface area contributed by atoms with E-state index in [1.54, 1.807) is 19.1 Å². The second-order valence-corrected chi connectivity index (χ2v) is 5.54. The average molecular weight is 317 g/mol. The number of ether oxygens (including phenoxy) is 1. The van der Waals surface area contributed by atoms with Crippen LogP contribution < -0.4 is 15.8 Å². The van der Waals surface area contributed by atoms with E-state index >= 15 is 0 Å². The van der Waals surface area contributed by atoms with Gasteiger partial charge in [0.25, 0.3) is 5.91 Å². The van der Waals surface area contributed by atoms with Crippen molar-refractivity contribution in [3.63, 3.8) is 0 Å². The van der Waals surface area contributed by atoms with Crippen molar-refractivity contribution in [1.82, 2.24) is 15.1 Å². The number of guanidine groups is 1. The molecule has 2 aliphatic rings. The standard InChI is InChI=1S/C15H19N5O3/c1-19-12-11(13(21)18-15(19)22)20(14(16)17-12)8-7-9-3-5-10(23-2)6-4-9/h3-6,11-12H,7-8H2,1-2H3,(H2,16,17)(H,18,21,22). The van der Waals surface area contributed by atoms with Crippen LogP contribution >= 0.6 is 0 Å². The monoisotopic (exact) mass is 317 g/mol. The number of imide groups is 1. The molecule has 2 atom stereocenters. The molecule has 23 heavy (non-hydrogen) atoms. The van der Waals surface area contributed by atoms with Crippen LogP contribution in [0.4, 0.5) is 4.79 Å². The number of benzene rings is 1. The maximum atomic E-state index is 12.1. The summed E-state index contributed by atoms with van der Waals surface area (Å²) in [4.78, 5) is 31.2. The second-order valence-electron chi connectivity index (χ2n) is 5.54. The number of carbonyl (C=O) groups excluding carboxylic acids is 2. The molecule has 3 rings (SSSR count). The van der Waals surface area contributed by atoms with Gasteiger partial charge >= 0.3 is 6.03 Å². The van der Waals surface area contributed by atoms with Crippen molar-refractivity contribution in [3.05, 3.63) is 29.8 Å². The number of methoxy groups -OCH3 is 1. The highest BCUT2D eigenvalue weighted by Crippen LogP contribution is 2.23. The molecule has 1 aromatic carbocycles. The van der Waals surface area contributed by atoms with Crippen LogP contribution in [0.3, 0.4) is 0 Å². The summed E-state index contributed by atoms with van der Waals surface area (Å²) in [6.07, 6.45) is 0.140. The minimum atomic E-state index is -0.573. The first kappa shape index (κ1) is 15.1. The van der Waals surface area contributed by atoms with Crippen molar-refractivity contribution >= 4 is 17.9 Å². The Labute approximate surface area is 133 Å². The van der Waals surface area contributed by atoms with Gasteiger partial charge in [-0.25, -0.2) is 9.79 Å². The summed E-state index contributed by atoms with van der Waals surface area (Å²) < 4.78 is 5.13. The lowest BCUT2D eigenvalue weighted by molar-refractivity contribution is -0.127. The largest absolute Gasteiger partial charge is 0.497 e. The molecule has 2 heterocycles. The molecule has 122 valence electrons. The molecule has 3 amide bonds. The average Bonchev–Trinajstić information content (AvgIpc) is 2.88. The van der Waals surface area contributed by atoms with Gasteiger partial charge in [-0.1, -0.05) is 12.1 Å². The molecule has 8 nitrogen and oxygen atoms in total. The predicted octanol–water partition coefficient (Wildman–Crippen LogP) is -0.256. The molecule has 2 aliphatic heterocycles. The van der Waals surface area contributed by atoms with E-state index in [1.165, 1.54) is 4.90 Å². The van der Waals surface area contributed by atoms with Crippen LogP contribution in [0.15, 0.2) is 29.3 Å². The number of rotatable bonds is 4. The number of amides is 3. The SMILES string of the molecule is COc1ccc(CCN2C(N)=NC3C2C(=O)NC(=O)N3C)cc1. The van der Waals surface area contributed by atoms with Crippen molar-refractivity contribution in [3.8, 4) is 5.75 Å². The summed E-state index contributed by atoms with van der Waals surface area (Å²) in [5.74, 6) is 0.713. The van der Waals surface area contributed by atoms with Gasteiger partial charge in [0.05, 0.1) is 7.11 Å². The highest BCUT2D eigenvalue weighted by atomic mass is 16.5. The Morgan fingerprint density at radius 2 is 2.00 bits per heavy atom. The fourth-order valence-electron chi connectivity index (χ4n) is 2.84. The van der Waals surface area contributed by atoms with E-state index in [0.29, 0.717) is 13.0 Å². The summed E-state index contributed by atoms with van der Waals surface area (Å²) in [5.41, 5.74) is 7.06. The number of carbonyl (C=O) groups is 2. The fraction of sp³-hybridized carbons (Fsp3) is 0.400. The van der Waals surface area contributed by atoms with Crippen LogP contribution in [0, 0.1) is 0 Å². The van der Waals surface area contributed by atoms with Gasteiger partial charge in [0.15, 0.2) is 18.2 Å². The first-order valence-electron chi connectivity index (χ1n) is 7.32. The first-order chi connectivity index (χ1) is 11.0. The zero-order chi connectivity index (χ0) is 16.6. The topological polar surface area (TPSA) is 100 Å². The van der Waals surface area contributed by atoms with Crippen LogP contribution in [-0.4, -0.2) is 60.6 Å². The minimum absolute atomic E-state index is 0.283. The van der Waals surface area contributed by atoms with E-state index in [9.17, 15) is 9.59 Å². The molecule has 1 saturated heterocycles. The smallest absolute Gasteiger partial charge is 0.325 e. The third-order valence-electron chi connectivity index (χ3n) is 4.19. The van der Waals surface area contributed by atoms with E-state index in [1.807, 2.05) is 24.3 Å². The summed E-state index contributed by atoms with van der Waals surface area (Å²) in [6.45, 7) is 0.540. The minimum Gasteiger partial charge on any atom is -0.497 e. The number of hydrogen-bond donors (Lipinski definition) is 2. The number of nitrogens with one attached hydrogen (secondary N) is 1. The van der Waals surface area contributed by atoms with E-state index in [4.69, 9.17) is 10.5 Å². The molecule has 0 radical (unpaired) electrons. The number of nitrogens with zero attached hydrogens (tertiary/aromatic N) is 3. The lowest BCUT2D eigenvalue weighted by Crippen LogP contribution is -2.64. The van der Waals surface area contributed by atoms with Crippen molar-refractivity contribution in [2.75, 3.05) is 20.7 Å². The van der Waals surface area contributed by atoms with Crippen LogP contribution in [0.2, 0.25) is 0 Å². The predicted molar refractivity (Wildman–Crippen MR) is 83.9 cm³/mol. The number of urea groups is 1. The lowest BCUT2D eigenvalue weighted by atomic mass is 10.1. The Hall–Kier alpha value is -2.77. The van der Waals surface area contributed by atoms with Crippen molar-refractivity contribution in [2.45, 2.75) is 18.6 Å².